The summed E-state index contributed by atoms with van der Waals surface area (Å²) in [6.07, 6.45) is 8.58. The maximum atomic E-state index is 3.88. The van der Waals surface area contributed by atoms with E-state index in [4.69, 9.17) is 0 Å². The van der Waals surface area contributed by atoms with E-state index in [-0.39, 0.29) is 0 Å². The van der Waals surface area contributed by atoms with E-state index < -0.39 is 0 Å². The lowest BCUT2D eigenvalue weighted by molar-refractivity contribution is -0.0341. The van der Waals surface area contributed by atoms with E-state index in [2.05, 4.69) is 16.8 Å². The van der Waals surface area contributed by atoms with Gasteiger partial charge in [0.2, 0.25) is 0 Å². The third kappa shape index (κ3) is 1.10. The SMILES string of the molecule is c1cc2c(s1)CCNC21CC2CCCCC21. The molecule has 0 radical (unpaired) electrons. The smallest absolute Gasteiger partial charge is 0.0479 e. The standard InChI is InChI=1S/C14H19NS/c1-2-4-11-10(3-1)9-14(11)12-6-8-16-13(12)5-7-15-14/h6,8,10-11,15H,1-5,7,9H2. The molecule has 2 heteroatoms. The molecule has 3 aliphatic rings. The number of fused-ring (bicyclic) bond motifs is 4. The molecule has 0 aromatic carbocycles. The summed E-state index contributed by atoms with van der Waals surface area (Å²) in [5.41, 5.74) is 2.09. The molecule has 3 atom stereocenters. The Hall–Kier alpha value is -0.340. The van der Waals surface area contributed by atoms with Crippen LogP contribution in [0.1, 0.15) is 42.5 Å². The summed E-state index contributed by atoms with van der Waals surface area (Å²) in [5, 5.41) is 6.18. The molecule has 4 rings (SSSR count). The molecule has 0 bridgehead atoms. The van der Waals surface area contributed by atoms with Crippen LogP contribution >= 0.6 is 11.3 Å². The quantitative estimate of drug-likeness (QED) is 0.725. The maximum absolute atomic E-state index is 3.88. The van der Waals surface area contributed by atoms with Gasteiger partial charge in [-0.3, -0.25) is 0 Å². The lowest BCUT2D eigenvalue weighted by Crippen LogP contribution is -2.63. The molecule has 2 heterocycles. The molecule has 86 valence electrons. The molecule has 0 amide bonds. The molecular formula is C14H19NS. The number of hydrogen-bond donors (Lipinski definition) is 1. The number of nitrogens with one attached hydrogen (secondary N) is 1. The molecule has 1 aromatic rings. The summed E-state index contributed by atoms with van der Waals surface area (Å²) in [4.78, 5) is 1.67. The molecule has 2 aliphatic carbocycles. The van der Waals surface area contributed by atoms with E-state index in [1.165, 1.54) is 45.1 Å². The summed E-state index contributed by atoms with van der Waals surface area (Å²) in [7, 11) is 0. The summed E-state index contributed by atoms with van der Waals surface area (Å²) < 4.78 is 0. The van der Waals surface area contributed by atoms with Crippen LogP contribution in [0, 0.1) is 11.8 Å². The predicted octanol–water partition coefficient (Wildman–Crippen LogP) is 3.30. The fraction of sp³-hybridized carbons (Fsp3) is 0.714. The van der Waals surface area contributed by atoms with Gasteiger partial charge in [-0.15, -0.1) is 11.3 Å². The van der Waals surface area contributed by atoms with Gasteiger partial charge in [-0.2, -0.15) is 0 Å². The average molecular weight is 233 g/mol. The Labute approximate surface area is 101 Å². The second-order valence-electron chi connectivity index (χ2n) is 5.76. The van der Waals surface area contributed by atoms with Gasteiger partial charge in [0.15, 0.2) is 0 Å². The third-order valence-corrected chi connectivity index (χ3v) is 6.13. The molecule has 2 saturated carbocycles. The molecule has 1 nitrogen and oxygen atoms in total. The van der Waals surface area contributed by atoms with Crippen LogP contribution in [0.2, 0.25) is 0 Å². The van der Waals surface area contributed by atoms with Crippen molar-refractivity contribution in [2.45, 2.75) is 44.1 Å². The minimum absolute atomic E-state index is 0.415. The second-order valence-corrected chi connectivity index (χ2v) is 6.76. The fourth-order valence-corrected chi connectivity index (χ4v) is 5.41. The van der Waals surface area contributed by atoms with Crippen molar-refractivity contribution in [1.82, 2.24) is 5.32 Å². The van der Waals surface area contributed by atoms with E-state index in [0.717, 1.165) is 11.8 Å². The summed E-state index contributed by atoms with van der Waals surface area (Å²) in [5.74, 6) is 1.99. The molecule has 1 N–H and O–H groups in total. The fourth-order valence-electron chi connectivity index (χ4n) is 4.44. The number of hydrogen-bond acceptors (Lipinski definition) is 2. The highest BCUT2D eigenvalue weighted by molar-refractivity contribution is 7.10. The van der Waals surface area contributed by atoms with Crippen LogP contribution in [0.5, 0.6) is 0 Å². The summed E-state index contributed by atoms with van der Waals surface area (Å²) in [6, 6.07) is 2.40. The van der Waals surface area contributed by atoms with Crippen LogP contribution in [0.3, 0.4) is 0 Å². The van der Waals surface area contributed by atoms with Crippen molar-refractivity contribution in [1.29, 1.82) is 0 Å². The first-order valence-electron chi connectivity index (χ1n) is 6.72. The predicted molar refractivity (Wildman–Crippen MR) is 67.8 cm³/mol. The Balaban J connectivity index is 1.74. The zero-order valence-electron chi connectivity index (χ0n) is 9.67. The van der Waals surface area contributed by atoms with Gasteiger partial charge in [0.05, 0.1) is 0 Å². The number of rotatable bonds is 0. The van der Waals surface area contributed by atoms with Crippen LogP contribution in [-0.4, -0.2) is 6.54 Å². The average Bonchev–Trinajstić information content (AvgIpc) is 2.76. The Morgan fingerprint density at radius 1 is 1.31 bits per heavy atom. The number of thiophene rings is 1. The summed E-state index contributed by atoms with van der Waals surface area (Å²) >= 11 is 1.98. The lowest BCUT2D eigenvalue weighted by atomic mass is 9.51. The van der Waals surface area contributed by atoms with Crippen molar-refractivity contribution in [3.8, 4) is 0 Å². The first kappa shape index (κ1) is 9.67. The molecule has 1 spiro atoms. The van der Waals surface area contributed by atoms with Crippen molar-refractivity contribution in [2.24, 2.45) is 11.8 Å². The van der Waals surface area contributed by atoms with Gasteiger partial charge in [0.25, 0.3) is 0 Å². The highest BCUT2D eigenvalue weighted by Gasteiger charge is 2.56. The second kappa shape index (κ2) is 3.33. The van der Waals surface area contributed by atoms with Crippen molar-refractivity contribution >= 4 is 11.3 Å². The van der Waals surface area contributed by atoms with Gasteiger partial charge in [0, 0.05) is 17.0 Å². The molecule has 3 unspecified atom stereocenters. The topological polar surface area (TPSA) is 12.0 Å². The highest BCUT2D eigenvalue weighted by atomic mass is 32.1. The van der Waals surface area contributed by atoms with Crippen molar-refractivity contribution < 1.29 is 0 Å². The first-order chi connectivity index (χ1) is 7.90. The minimum Gasteiger partial charge on any atom is -0.307 e. The van der Waals surface area contributed by atoms with E-state index in [0.29, 0.717) is 5.54 Å². The minimum atomic E-state index is 0.415. The van der Waals surface area contributed by atoms with Crippen molar-refractivity contribution in [2.75, 3.05) is 6.54 Å². The first-order valence-corrected chi connectivity index (χ1v) is 7.60. The van der Waals surface area contributed by atoms with Gasteiger partial charge in [-0.25, -0.2) is 0 Å². The Kier molecular flexibility index (Phi) is 2.01. The van der Waals surface area contributed by atoms with Gasteiger partial charge in [-0.1, -0.05) is 19.3 Å². The van der Waals surface area contributed by atoms with Gasteiger partial charge in [0.1, 0.15) is 0 Å². The zero-order valence-corrected chi connectivity index (χ0v) is 10.5. The van der Waals surface area contributed by atoms with Crippen molar-refractivity contribution in [3.05, 3.63) is 21.9 Å². The summed E-state index contributed by atoms with van der Waals surface area (Å²) in [6.45, 7) is 1.21. The molecular weight excluding hydrogens is 214 g/mol. The van der Waals surface area contributed by atoms with E-state index in [1.54, 1.807) is 10.4 Å². The Bertz CT molecular complexity index is 411. The van der Waals surface area contributed by atoms with Crippen LogP contribution < -0.4 is 5.32 Å². The Morgan fingerprint density at radius 2 is 2.25 bits per heavy atom. The molecule has 1 aliphatic heterocycles. The normalized spacial score (nSPS) is 41.2. The highest BCUT2D eigenvalue weighted by Crippen LogP contribution is 2.58. The maximum Gasteiger partial charge on any atom is 0.0479 e. The monoisotopic (exact) mass is 233 g/mol. The van der Waals surface area contributed by atoms with E-state index >= 15 is 0 Å². The van der Waals surface area contributed by atoms with Crippen LogP contribution in [0.4, 0.5) is 0 Å². The van der Waals surface area contributed by atoms with Gasteiger partial charge in [-0.05, 0) is 48.1 Å². The lowest BCUT2D eigenvalue weighted by Gasteiger charge is -2.59. The van der Waals surface area contributed by atoms with Crippen LogP contribution in [0.15, 0.2) is 11.4 Å². The molecule has 16 heavy (non-hydrogen) atoms. The van der Waals surface area contributed by atoms with Crippen LogP contribution in [0.25, 0.3) is 0 Å². The van der Waals surface area contributed by atoms with E-state index in [1.807, 2.05) is 11.3 Å². The zero-order chi connectivity index (χ0) is 10.6. The third-order valence-electron chi connectivity index (χ3n) is 5.14. The van der Waals surface area contributed by atoms with Crippen molar-refractivity contribution in [3.63, 3.8) is 0 Å². The molecule has 1 aromatic heterocycles. The van der Waals surface area contributed by atoms with Gasteiger partial charge >= 0.3 is 0 Å². The molecule has 2 fully saturated rings. The van der Waals surface area contributed by atoms with E-state index in [9.17, 15) is 0 Å². The largest absolute Gasteiger partial charge is 0.307 e. The molecule has 0 saturated heterocycles. The van der Waals surface area contributed by atoms with Gasteiger partial charge < -0.3 is 5.32 Å². The van der Waals surface area contributed by atoms with Crippen LogP contribution in [-0.2, 0) is 12.0 Å². The Morgan fingerprint density at radius 3 is 3.19 bits per heavy atom.